The fourth-order valence-corrected chi connectivity index (χ4v) is 3.38. The minimum absolute atomic E-state index is 0.143. The van der Waals surface area contributed by atoms with Crippen molar-refractivity contribution in [2.75, 3.05) is 32.7 Å². The van der Waals surface area contributed by atoms with Crippen LogP contribution in [-0.4, -0.2) is 54.2 Å². The SMILES string of the molecule is CC.CC(=O)N1CCC2(CCN(CC(=O)C(C)C)CC2)CC1.CC(C)C. The van der Waals surface area contributed by atoms with E-state index in [0.717, 1.165) is 44.9 Å². The van der Waals surface area contributed by atoms with E-state index in [4.69, 9.17) is 0 Å². The molecular formula is C22H44N2O2. The van der Waals surface area contributed by atoms with Crippen molar-refractivity contribution in [3.63, 3.8) is 0 Å². The Morgan fingerprint density at radius 3 is 1.58 bits per heavy atom. The van der Waals surface area contributed by atoms with Crippen LogP contribution in [0.5, 0.6) is 0 Å². The van der Waals surface area contributed by atoms with Crippen molar-refractivity contribution in [2.24, 2.45) is 17.3 Å². The molecule has 1 amide bonds. The highest BCUT2D eigenvalue weighted by Crippen LogP contribution is 2.41. The van der Waals surface area contributed by atoms with Crippen LogP contribution in [0.1, 0.15) is 81.1 Å². The topological polar surface area (TPSA) is 40.6 Å². The zero-order valence-corrected chi connectivity index (χ0v) is 18.7. The van der Waals surface area contributed by atoms with Crippen molar-refractivity contribution < 1.29 is 9.59 Å². The van der Waals surface area contributed by atoms with Gasteiger partial charge in [-0.1, -0.05) is 48.5 Å². The fourth-order valence-electron chi connectivity index (χ4n) is 3.38. The van der Waals surface area contributed by atoms with Gasteiger partial charge >= 0.3 is 0 Å². The molecule has 0 aromatic heterocycles. The van der Waals surface area contributed by atoms with E-state index in [1.807, 2.05) is 32.6 Å². The van der Waals surface area contributed by atoms with E-state index in [-0.39, 0.29) is 11.8 Å². The van der Waals surface area contributed by atoms with E-state index in [1.165, 1.54) is 12.8 Å². The molecule has 4 nitrogen and oxygen atoms in total. The maximum Gasteiger partial charge on any atom is 0.219 e. The number of likely N-dealkylation sites (tertiary alicyclic amines) is 2. The molecule has 0 atom stereocenters. The second-order valence-corrected chi connectivity index (χ2v) is 8.64. The summed E-state index contributed by atoms with van der Waals surface area (Å²) in [7, 11) is 0. The summed E-state index contributed by atoms with van der Waals surface area (Å²) in [4.78, 5) is 27.5. The molecule has 0 N–H and O–H groups in total. The average Bonchev–Trinajstić information content (AvgIpc) is 2.59. The summed E-state index contributed by atoms with van der Waals surface area (Å²) in [6.07, 6.45) is 4.64. The molecule has 2 aliphatic heterocycles. The van der Waals surface area contributed by atoms with E-state index in [9.17, 15) is 9.59 Å². The first-order valence-corrected chi connectivity index (χ1v) is 10.7. The normalized spacial score (nSPS) is 19.5. The molecule has 2 saturated heterocycles. The molecule has 1 spiro atoms. The smallest absolute Gasteiger partial charge is 0.219 e. The van der Waals surface area contributed by atoms with Crippen LogP contribution in [0.2, 0.25) is 0 Å². The summed E-state index contributed by atoms with van der Waals surface area (Å²) < 4.78 is 0. The molecular weight excluding hydrogens is 324 g/mol. The lowest BCUT2D eigenvalue weighted by Crippen LogP contribution is -2.48. The number of carbonyl (C=O) groups is 2. The van der Waals surface area contributed by atoms with Crippen molar-refractivity contribution in [1.29, 1.82) is 0 Å². The maximum atomic E-state index is 11.8. The Hall–Kier alpha value is -0.900. The number of Topliss-reactive ketones (excluding diaryl/α,β-unsaturated/α-hetero) is 1. The van der Waals surface area contributed by atoms with Crippen molar-refractivity contribution in [2.45, 2.75) is 81.1 Å². The molecule has 0 radical (unpaired) electrons. The summed E-state index contributed by atoms with van der Waals surface area (Å²) >= 11 is 0. The highest BCUT2D eigenvalue weighted by molar-refractivity contribution is 5.82. The Bertz CT molecular complexity index is 398. The predicted molar refractivity (Wildman–Crippen MR) is 111 cm³/mol. The van der Waals surface area contributed by atoms with Crippen molar-refractivity contribution >= 4 is 11.7 Å². The van der Waals surface area contributed by atoms with Crippen LogP contribution in [0.25, 0.3) is 0 Å². The van der Waals surface area contributed by atoms with Gasteiger partial charge in [-0.05, 0) is 50.1 Å². The number of carbonyl (C=O) groups excluding carboxylic acids is 2. The second kappa shape index (κ2) is 12.5. The van der Waals surface area contributed by atoms with Crippen molar-refractivity contribution in [3.8, 4) is 0 Å². The standard InChI is InChI=1S/C16H28N2O2.C4H10.C2H6/c1-13(2)15(20)12-17-8-4-16(5-9-17)6-10-18(11-7-16)14(3)19;1-4(2)3;1-2/h13H,4-12H2,1-3H3;4H,1-3H3;1-2H3. The quantitative estimate of drug-likeness (QED) is 0.729. The van der Waals surface area contributed by atoms with Gasteiger partial charge in [0.2, 0.25) is 5.91 Å². The van der Waals surface area contributed by atoms with Crippen molar-refractivity contribution in [3.05, 3.63) is 0 Å². The van der Waals surface area contributed by atoms with Gasteiger partial charge in [-0.2, -0.15) is 0 Å². The first-order chi connectivity index (χ1) is 12.1. The lowest BCUT2D eigenvalue weighted by Gasteiger charge is -2.46. The number of hydrogen-bond donors (Lipinski definition) is 0. The molecule has 2 aliphatic rings. The molecule has 0 aliphatic carbocycles. The molecule has 26 heavy (non-hydrogen) atoms. The number of rotatable bonds is 3. The van der Waals surface area contributed by atoms with Crippen LogP contribution in [-0.2, 0) is 9.59 Å². The molecule has 2 heterocycles. The number of amides is 1. The van der Waals surface area contributed by atoms with Gasteiger partial charge in [-0.25, -0.2) is 0 Å². The minimum atomic E-state index is 0.143. The summed E-state index contributed by atoms with van der Waals surface area (Å²) in [6.45, 7) is 20.7. The van der Waals surface area contributed by atoms with Gasteiger partial charge in [-0.3, -0.25) is 14.5 Å². The average molecular weight is 369 g/mol. The Morgan fingerprint density at radius 2 is 1.23 bits per heavy atom. The van der Waals surface area contributed by atoms with Gasteiger partial charge in [0.15, 0.2) is 0 Å². The van der Waals surface area contributed by atoms with E-state index in [1.54, 1.807) is 6.92 Å². The lowest BCUT2D eigenvalue weighted by molar-refractivity contribution is -0.132. The molecule has 154 valence electrons. The van der Waals surface area contributed by atoms with Crippen LogP contribution < -0.4 is 0 Å². The Kier molecular flexibility index (Phi) is 12.0. The Morgan fingerprint density at radius 1 is 0.846 bits per heavy atom. The Labute approximate surface area is 162 Å². The van der Waals surface area contributed by atoms with E-state index < -0.39 is 0 Å². The molecule has 4 heteroatoms. The van der Waals surface area contributed by atoms with Gasteiger partial charge in [0.05, 0.1) is 6.54 Å². The van der Waals surface area contributed by atoms with E-state index in [0.29, 0.717) is 17.7 Å². The molecule has 2 rings (SSSR count). The Balaban J connectivity index is 0.000000920. The first kappa shape index (κ1) is 25.1. The molecule has 2 fully saturated rings. The van der Waals surface area contributed by atoms with Gasteiger partial charge in [0.25, 0.3) is 0 Å². The monoisotopic (exact) mass is 368 g/mol. The number of ketones is 1. The predicted octanol–water partition coefficient (Wildman–Crippen LogP) is 4.62. The van der Waals surface area contributed by atoms with E-state index >= 15 is 0 Å². The van der Waals surface area contributed by atoms with Crippen LogP contribution >= 0.6 is 0 Å². The highest BCUT2D eigenvalue weighted by Gasteiger charge is 2.38. The van der Waals surface area contributed by atoms with Gasteiger partial charge in [-0.15, -0.1) is 0 Å². The summed E-state index contributed by atoms with van der Waals surface area (Å²) in [5, 5.41) is 0. The molecule has 0 aromatic rings. The van der Waals surface area contributed by atoms with Gasteiger partial charge in [0.1, 0.15) is 5.78 Å². The van der Waals surface area contributed by atoms with Crippen LogP contribution in [0.15, 0.2) is 0 Å². The molecule has 0 aromatic carbocycles. The largest absolute Gasteiger partial charge is 0.343 e. The summed E-state index contributed by atoms with van der Waals surface area (Å²) in [5.74, 6) is 1.54. The first-order valence-electron chi connectivity index (χ1n) is 10.7. The summed E-state index contributed by atoms with van der Waals surface area (Å²) in [6, 6.07) is 0. The fraction of sp³-hybridized carbons (Fsp3) is 0.909. The zero-order chi connectivity index (χ0) is 20.3. The third kappa shape index (κ3) is 9.16. The van der Waals surface area contributed by atoms with E-state index in [2.05, 4.69) is 25.7 Å². The third-order valence-electron chi connectivity index (χ3n) is 5.21. The minimum Gasteiger partial charge on any atom is -0.343 e. The van der Waals surface area contributed by atoms with Crippen LogP contribution in [0.4, 0.5) is 0 Å². The summed E-state index contributed by atoms with van der Waals surface area (Å²) in [5.41, 5.74) is 0.434. The number of hydrogen-bond acceptors (Lipinski definition) is 3. The third-order valence-corrected chi connectivity index (χ3v) is 5.21. The second-order valence-electron chi connectivity index (χ2n) is 8.64. The molecule has 0 unspecified atom stereocenters. The number of nitrogens with zero attached hydrogens (tertiary/aromatic N) is 2. The van der Waals surface area contributed by atoms with Gasteiger partial charge in [0, 0.05) is 25.9 Å². The van der Waals surface area contributed by atoms with Gasteiger partial charge < -0.3 is 4.90 Å². The van der Waals surface area contributed by atoms with Crippen molar-refractivity contribution in [1.82, 2.24) is 9.80 Å². The highest BCUT2D eigenvalue weighted by atomic mass is 16.2. The number of piperidine rings is 2. The zero-order valence-electron chi connectivity index (χ0n) is 18.7. The lowest BCUT2D eigenvalue weighted by atomic mass is 9.71. The van der Waals surface area contributed by atoms with Crippen LogP contribution in [0, 0.1) is 17.3 Å². The molecule has 0 bridgehead atoms. The van der Waals surface area contributed by atoms with Crippen LogP contribution in [0.3, 0.4) is 0 Å². The molecule has 0 saturated carbocycles. The maximum absolute atomic E-state index is 11.8.